The van der Waals surface area contributed by atoms with Crippen LogP contribution in [-0.2, 0) is 11.2 Å². The van der Waals surface area contributed by atoms with Gasteiger partial charge in [-0.1, -0.05) is 15.9 Å². The predicted octanol–water partition coefficient (Wildman–Crippen LogP) is 3.49. The summed E-state index contributed by atoms with van der Waals surface area (Å²) in [6.07, 6.45) is 3.26. The molecular formula is C14H11BrO3. The summed E-state index contributed by atoms with van der Waals surface area (Å²) in [5.41, 5.74) is 1.25. The molecule has 0 saturated heterocycles. The molecular weight excluding hydrogens is 296 g/mol. The van der Waals surface area contributed by atoms with Gasteiger partial charge in [0.05, 0.1) is 23.8 Å². The van der Waals surface area contributed by atoms with Crippen LogP contribution in [-0.4, -0.2) is 7.11 Å². The lowest BCUT2D eigenvalue weighted by Gasteiger charge is -2.14. The Morgan fingerprint density at radius 2 is 2.17 bits per heavy atom. The molecule has 0 aliphatic heterocycles. The molecule has 3 rings (SSSR count). The number of allylic oxidation sites excluding steroid dienone is 1. The summed E-state index contributed by atoms with van der Waals surface area (Å²) >= 11 is 3.37. The van der Waals surface area contributed by atoms with Crippen molar-refractivity contribution < 1.29 is 9.15 Å². The Labute approximate surface area is 112 Å². The number of hydrogen-bond donors (Lipinski definition) is 0. The smallest absolute Gasteiger partial charge is 0.200 e. The molecule has 4 heteroatoms. The van der Waals surface area contributed by atoms with E-state index < -0.39 is 0 Å². The molecule has 1 aromatic heterocycles. The van der Waals surface area contributed by atoms with Gasteiger partial charge >= 0.3 is 0 Å². The second-order valence-electron chi connectivity index (χ2n) is 4.22. The molecule has 0 unspecified atom stereocenters. The van der Waals surface area contributed by atoms with Crippen LogP contribution in [0.3, 0.4) is 0 Å². The fraction of sp³-hybridized carbons (Fsp3) is 0.214. The van der Waals surface area contributed by atoms with Crippen molar-refractivity contribution in [2.45, 2.75) is 12.8 Å². The van der Waals surface area contributed by atoms with Gasteiger partial charge in [0.2, 0.25) is 0 Å². The molecule has 92 valence electrons. The normalized spacial score (nSPS) is 14.2. The number of aryl methyl sites for hydroxylation is 1. The highest BCUT2D eigenvalue weighted by Gasteiger charge is 2.18. The van der Waals surface area contributed by atoms with Crippen molar-refractivity contribution in [2.24, 2.45) is 0 Å². The second kappa shape index (κ2) is 4.28. The van der Waals surface area contributed by atoms with Gasteiger partial charge in [0, 0.05) is 17.3 Å². The van der Waals surface area contributed by atoms with Crippen LogP contribution < -0.4 is 5.43 Å². The van der Waals surface area contributed by atoms with Gasteiger partial charge in [-0.25, -0.2) is 0 Å². The summed E-state index contributed by atoms with van der Waals surface area (Å²) in [5.74, 6) is 1.57. The summed E-state index contributed by atoms with van der Waals surface area (Å²) in [5, 5.41) is 0.594. The SMILES string of the molecule is COC1=Cc2c(oc3ccc(Br)cc3c2=O)CC1. The molecule has 2 aromatic rings. The molecule has 0 radical (unpaired) electrons. The molecule has 0 amide bonds. The van der Waals surface area contributed by atoms with E-state index in [1.807, 2.05) is 12.1 Å². The molecule has 1 aromatic carbocycles. The standard InChI is InChI=1S/C14H11BrO3/c1-17-9-3-5-13-11(7-9)14(16)10-6-8(15)2-4-12(10)18-13/h2,4,6-7H,3,5H2,1H3. The Balaban J connectivity index is 2.35. The molecule has 1 aliphatic rings. The van der Waals surface area contributed by atoms with Crippen LogP contribution >= 0.6 is 15.9 Å². The van der Waals surface area contributed by atoms with Gasteiger partial charge in [-0.05, 0) is 24.3 Å². The van der Waals surface area contributed by atoms with Gasteiger partial charge in [0.1, 0.15) is 11.3 Å². The van der Waals surface area contributed by atoms with E-state index in [4.69, 9.17) is 9.15 Å². The maximum Gasteiger partial charge on any atom is 0.200 e. The summed E-state index contributed by atoms with van der Waals surface area (Å²) in [6, 6.07) is 5.48. The van der Waals surface area contributed by atoms with E-state index in [0.29, 0.717) is 23.0 Å². The van der Waals surface area contributed by atoms with Gasteiger partial charge in [0.15, 0.2) is 5.43 Å². The molecule has 3 nitrogen and oxygen atoms in total. The largest absolute Gasteiger partial charge is 0.501 e. The lowest BCUT2D eigenvalue weighted by molar-refractivity contribution is 0.276. The first kappa shape index (κ1) is 11.5. The third-order valence-corrected chi connectivity index (χ3v) is 3.62. The van der Waals surface area contributed by atoms with Crippen molar-refractivity contribution in [1.82, 2.24) is 0 Å². The number of halogens is 1. The molecule has 1 heterocycles. The van der Waals surface area contributed by atoms with Gasteiger partial charge in [0.25, 0.3) is 0 Å². The lowest BCUT2D eigenvalue weighted by atomic mass is 10.0. The number of rotatable bonds is 1. The highest BCUT2D eigenvalue weighted by atomic mass is 79.9. The molecule has 0 saturated carbocycles. The van der Waals surface area contributed by atoms with Crippen LogP contribution in [0.2, 0.25) is 0 Å². The van der Waals surface area contributed by atoms with Crippen LogP contribution in [0, 0.1) is 0 Å². The first-order valence-corrected chi connectivity index (χ1v) is 6.48. The molecule has 18 heavy (non-hydrogen) atoms. The van der Waals surface area contributed by atoms with Crippen molar-refractivity contribution in [3.8, 4) is 0 Å². The average Bonchev–Trinajstić information content (AvgIpc) is 2.40. The summed E-state index contributed by atoms with van der Waals surface area (Å²) in [6.45, 7) is 0. The third kappa shape index (κ3) is 1.77. The monoisotopic (exact) mass is 306 g/mol. The lowest BCUT2D eigenvalue weighted by Crippen LogP contribution is -2.13. The van der Waals surface area contributed by atoms with Crippen molar-refractivity contribution in [1.29, 1.82) is 0 Å². The second-order valence-corrected chi connectivity index (χ2v) is 5.14. The third-order valence-electron chi connectivity index (χ3n) is 3.13. The number of benzene rings is 1. The number of hydrogen-bond acceptors (Lipinski definition) is 3. The summed E-state index contributed by atoms with van der Waals surface area (Å²) in [7, 11) is 1.62. The highest BCUT2D eigenvalue weighted by Crippen LogP contribution is 2.26. The van der Waals surface area contributed by atoms with Crippen LogP contribution in [0.25, 0.3) is 17.0 Å². The first-order chi connectivity index (χ1) is 8.69. The van der Waals surface area contributed by atoms with E-state index in [2.05, 4.69) is 15.9 Å². The van der Waals surface area contributed by atoms with E-state index >= 15 is 0 Å². The van der Waals surface area contributed by atoms with E-state index in [1.165, 1.54) is 0 Å². The van der Waals surface area contributed by atoms with E-state index in [1.54, 1.807) is 19.3 Å². The van der Waals surface area contributed by atoms with Crippen LogP contribution in [0.4, 0.5) is 0 Å². The van der Waals surface area contributed by atoms with E-state index in [0.717, 1.165) is 22.4 Å². The average molecular weight is 307 g/mol. The van der Waals surface area contributed by atoms with E-state index in [-0.39, 0.29) is 5.43 Å². The van der Waals surface area contributed by atoms with Crippen molar-refractivity contribution in [3.05, 3.63) is 50.0 Å². The minimum Gasteiger partial charge on any atom is -0.501 e. The van der Waals surface area contributed by atoms with Crippen LogP contribution in [0.15, 0.2) is 37.6 Å². The maximum atomic E-state index is 12.4. The zero-order chi connectivity index (χ0) is 12.7. The minimum atomic E-state index is 0.00167. The Hall–Kier alpha value is -1.55. The fourth-order valence-electron chi connectivity index (χ4n) is 2.19. The number of methoxy groups -OCH3 is 1. The molecule has 0 fully saturated rings. The van der Waals surface area contributed by atoms with Gasteiger partial charge in [-0.3, -0.25) is 4.79 Å². The Morgan fingerprint density at radius 3 is 2.94 bits per heavy atom. The van der Waals surface area contributed by atoms with Crippen LogP contribution in [0.1, 0.15) is 17.7 Å². The summed E-state index contributed by atoms with van der Waals surface area (Å²) < 4.78 is 11.9. The fourth-order valence-corrected chi connectivity index (χ4v) is 2.55. The quantitative estimate of drug-likeness (QED) is 0.809. The molecule has 0 atom stereocenters. The maximum absolute atomic E-state index is 12.4. The Bertz CT molecular complexity index is 713. The highest BCUT2D eigenvalue weighted by molar-refractivity contribution is 9.10. The Morgan fingerprint density at radius 1 is 1.33 bits per heavy atom. The van der Waals surface area contributed by atoms with Gasteiger partial charge in [-0.15, -0.1) is 0 Å². The Kier molecular flexibility index (Phi) is 2.74. The molecule has 0 N–H and O–H groups in total. The van der Waals surface area contributed by atoms with Gasteiger partial charge in [-0.2, -0.15) is 0 Å². The number of fused-ring (bicyclic) bond motifs is 2. The minimum absolute atomic E-state index is 0.00167. The topological polar surface area (TPSA) is 39.4 Å². The number of ether oxygens (including phenoxy) is 1. The first-order valence-electron chi connectivity index (χ1n) is 5.69. The van der Waals surface area contributed by atoms with E-state index in [9.17, 15) is 4.79 Å². The molecule has 0 bridgehead atoms. The zero-order valence-corrected chi connectivity index (χ0v) is 11.4. The van der Waals surface area contributed by atoms with Crippen molar-refractivity contribution in [2.75, 3.05) is 7.11 Å². The van der Waals surface area contributed by atoms with Crippen LogP contribution in [0.5, 0.6) is 0 Å². The zero-order valence-electron chi connectivity index (χ0n) is 9.83. The molecule has 0 spiro atoms. The van der Waals surface area contributed by atoms with Crippen molar-refractivity contribution in [3.63, 3.8) is 0 Å². The van der Waals surface area contributed by atoms with Crippen molar-refractivity contribution >= 4 is 33.0 Å². The van der Waals surface area contributed by atoms with Gasteiger partial charge < -0.3 is 9.15 Å². The predicted molar refractivity (Wildman–Crippen MR) is 73.5 cm³/mol. The molecule has 1 aliphatic carbocycles. The summed E-state index contributed by atoms with van der Waals surface area (Å²) in [4.78, 5) is 12.4.